The molecule has 0 radical (unpaired) electrons. The van der Waals surface area contributed by atoms with Gasteiger partial charge in [0.2, 0.25) is 0 Å². The van der Waals surface area contributed by atoms with Crippen LogP contribution in [-0.2, 0) is 22.8 Å². The summed E-state index contributed by atoms with van der Waals surface area (Å²) in [5, 5.41) is 0. The smallest absolute Gasteiger partial charge is 0.462 e. The lowest BCUT2D eigenvalue weighted by molar-refractivity contribution is -0.139. The number of ether oxygens (including phenoxy) is 1. The summed E-state index contributed by atoms with van der Waals surface area (Å²) >= 11 is 0. The van der Waals surface area contributed by atoms with E-state index in [1.165, 1.54) is 0 Å². The molecular weight excluding hydrogens is 256 g/mol. The average Bonchev–Trinajstić information content (AvgIpc) is 2.30. The number of carbonyl (C=O) groups excluding carboxylic acids is 1. The Morgan fingerprint density at radius 1 is 1.18 bits per heavy atom. The molecular formula is C10H24O5Si2. The van der Waals surface area contributed by atoms with Crippen molar-refractivity contribution in [2.24, 2.45) is 0 Å². The molecule has 0 rings (SSSR count). The van der Waals surface area contributed by atoms with Crippen molar-refractivity contribution in [1.29, 1.82) is 0 Å². The van der Waals surface area contributed by atoms with Crippen LogP contribution >= 0.6 is 0 Å². The molecule has 0 aromatic carbocycles. The molecule has 0 unspecified atom stereocenters. The quantitative estimate of drug-likeness (QED) is 0.269. The van der Waals surface area contributed by atoms with Crippen molar-refractivity contribution in [2.75, 3.05) is 27.9 Å². The van der Waals surface area contributed by atoms with Gasteiger partial charge in [-0.15, -0.1) is 0 Å². The second-order valence-corrected chi connectivity index (χ2v) is 6.41. The lowest BCUT2D eigenvalue weighted by Crippen LogP contribution is -2.42. The highest BCUT2D eigenvalue weighted by Crippen LogP contribution is 2.14. The summed E-state index contributed by atoms with van der Waals surface area (Å²) in [5.74, 6) is -0.375. The molecule has 0 fully saturated rings. The molecule has 0 aliphatic carbocycles. The van der Waals surface area contributed by atoms with E-state index in [2.05, 4.69) is 6.58 Å². The first-order valence-corrected chi connectivity index (χ1v) is 6.92. The van der Waals surface area contributed by atoms with Crippen molar-refractivity contribution in [3.05, 3.63) is 12.2 Å². The van der Waals surface area contributed by atoms with Gasteiger partial charge in [-0.25, -0.2) is 4.79 Å². The number of hydrogen-bond acceptors (Lipinski definition) is 5. The third kappa shape index (κ3) is 6.74. The van der Waals surface area contributed by atoms with Crippen molar-refractivity contribution in [3.63, 3.8) is 0 Å². The summed E-state index contributed by atoms with van der Waals surface area (Å²) in [6.07, 6.45) is 0.640. The fourth-order valence-electron chi connectivity index (χ4n) is 1.13. The molecule has 0 aromatic rings. The van der Waals surface area contributed by atoms with Crippen LogP contribution in [0.15, 0.2) is 12.2 Å². The van der Waals surface area contributed by atoms with Crippen LogP contribution in [0.1, 0.15) is 13.3 Å². The van der Waals surface area contributed by atoms with Gasteiger partial charge in [-0.05, 0) is 24.3 Å². The van der Waals surface area contributed by atoms with Crippen LogP contribution in [-0.4, -0.2) is 53.7 Å². The summed E-state index contributed by atoms with van der Waals surface area (Å²) in [4.78, 5) is 11.1. The van der Waals surface area contributed by atoms with E-state index in [4.69, 9.17) is 18.0 Å². The lowest BCUT2D eigenvalue weighted by atomic mass is 10.4. The number of rotatable bonds is 8. The summed E-state index contributed by atoms with van der Waals surface area (Å²) in [7, 11) is 2.13. The third-order valence-electron chi connectivity index (χ3n) is 2.14. The van der Waals surface area contributed by atoms with Gasteiger partial charge in [0, 0.05) is 32.9 Å². The van der Waals surface area contributed by atoms with Gasteiger partial charge in [-0.2, -0.15) is 0 Å². The maximum Gasteiger partial charge on any atom is 0.500 e. The van der Waals surface area contributed by atoms with Gasteiger partial charge in [0.15, 0.2) is 0 Å². The number of carbonyl (C=O) groups is 1. The van der Waals surface area contributed by atoms with Gasteiger partial charge < -0.3 is 18.0 Å². The summed E-state index contributed by atoms with van der Waals surface area (Å²) in [6, 6.07) is 0.611. The molecule has 0 N–H and O–H groups in total. The third-order valence-corrected chi connectivity index (χ3v) is 4.97. The molecule has 0 amide bonds. The Kier molecular flexibility index (Phi) is 10.6. The Hall–Kier alpha value is -0.476. The molecule has 7 heteroatoms. The SMILES string of the molecule is C=C(C)C(=O)OCCC[Si](OC)(OC)OC.[SiH4]. The van der Waals surface area contributed by atoms with E-state index in [-0.39, 0.29) is 16.9 Å². The molecule has 102 valence electrons. The Balaban J connectivity index is 0. The monoisotopic (exact) mass is 280 g/mol. The first kappa shape index (κ1) is 18.9. The van der Waals surface area contributed by atoms with Crippen molar-refractivity contribution in [3.8, 4) is 0 Å². The minimum absolute atomic E-state index is 0. The highest BCUT2D eigenvalue weighted by atomic mass is 28.4. The Morgan fingerprint density at radius 2 is 1.65 bits per heavy atom. The molecule has 0 saturated heterocycles. The van der Waals surface area contributed by atoms with E-state index in [0.717, 1.165) is 0 Å². The molecule has 0 atom stereocenters. The van der Waals surface area contributed by atoms with Crippen LogP contribution in [0.5, 0.6) is 0 Å². The van der Waals surface area contributed by atoms with Gasteiger partial charge in [0.25, 0.3) is 0 Å². The van der Waals surface area contributed by atoms with Crippen molar-refractivity contribution in [2.45, 2.75) is 19.4 Å². The predicted molar refractivity (Wildman–Crippen MR) is 73.3 cm³/mol. The van der Waals surface area contributed by atoms with E-state index in [1.54, 1.807) is 28.3 Å². The topological polar surface area (TPSA) is 54.0 Å². The van der Waals surface area contributed by atoms with Gasteiger partial charge in [-0.3, -0.25) is 0 Å². The van der Waals surface area contributed by atoms with E-state index < -0.39 is 8.80 Å². The lowest BCUT2D eigenvalue weighted by Gasteiger charge is -2.24. The summed E-state index contributed by atoms with van der Waals surface area (Å²) in [5.41, 5.74) is 0.397. The average molecular weight is 280 g/mol. The predicted octanol–water partition coefficient (Wildman–Crippen LogP) is -0.0777. The molecule has 0 saturated carbocycles. The van der Waals surface area contributed by atoms with Crippen molar-refractivity contribution in [1.82, 2.24) is 0 Å². The molecule has 5 nitrogen and oxygen atoms in total. The first-order valence-electron chi connectivity index (χ1n) is 4.99. The number of esters is 1. The van der Waals surface area contributed by atoms with E-state index in [9.17, 15) is 4.79 Å². The van der Waals surface area contributed by atoms with Crippen LogP contribution < -0.4 is 0 Å². The van der Waals surface area contributed by atoms with E-state index in [0.29, 0.717) is 24.6 Å². The van der Waals surface area contributed by atoms with E-state index in [1.807, 2.05) is 0 Å². The van der Waals surface area contributed by atoms with Gasteiger partial charge in [0.05, 0.1) is 6.61 Å². The zero-order valence-corrected chi connectivity index (χ0v) is 11.4. The molecule has 0 aromatic heterocycles. The summed E-state index contributed by atoms with van der Waals surface area (Å²) < 4.78 is 20.6. The van der Waals surface area contributed by atoms with E-state index >= 15 is 0 Å². The zero-order valence-electron chi connectivity index (χ0n) is 10.4. The largest absolute Gasteiger partial charge is 0.500 e. The van der Waals surface area contributed by atoms with Crippen LogP contribution in [0, 0.1) is 0 Å². The molecule has 17 heavy (non-hydrogen) atoms. The first-order chi connectivity index (χ1) is 7.51. The molecule has 0 heterocycles. The van der Waals surface area contributed by atoms with Gasteiger partial charge in [-0.1, -0.05) is 6.58 Å². The standard InChI is InChI=1S/C10H20O5Si.H4Si/c1-9(2)10(11)15-7-6-8-16(12-3,13-4)14-5;/h1,6-8H2,2-5H3;1H4. The van der Waals surface area contributed by atoms with Crippen LogP contribution in [0.25, 0.3) is 0 Å². The minimum Gasteiger partial charge on any atom is -0.462 e. The Morgan fingerprint density at radius 3 is 2.00 bits per heavy atom. The van der Waals surface area contributed by atoms with Crippen LogP contribution in [0.4, 0.5) is 0 Å². The minimum atomic E-state index is -2.53. The second-order valence-electron chi connectivity index (χ2n) is 3.32. The molecule has 0 aliphatic rings. The summed E-state index contributed by atoms with van der Waals surface area (Å²) in [6.45, 7) is 5.42. The van der Waals surface area contributed by atoms with Crippen molar-refractivity contribution >= 4 is 25.7 Å². The maximum absolute atomic E-state index is 11.1. The fourth-order valence-corrected chi connectivity index (χ4v) is 2.82. The molecule has 0 bridgehead atoms. The van der Waals surface area contributed by atoms with Crippen LogP contribution in [0.3, 0.4) is 0 Å². The van der Waals surface area contributed by atoms with Gasteiger partial charge >= 0.3 is 14.8 Å². The Labute approximate surface area is 108 Å². The van der Waals surface area contributed by atoms with Gasteiger partial charge in [0.1, 0.15) is 0 Å². The second kappa shape index (κ2) is 9.54. The number of hydrogen-bond donors (Lipinski definition) is 0. The molecule has 0 aliphatic heterocycles. The normalized spacial score (nSPS) is 10.6. The highest BCUT2D eigenvalue weighted by Gasteiger charge is 2.36. The fraction of sp³-hybridized carbons (Fsp3) is 0.700. The molecule has 0 spiro atoms. The Bertz CT molecular complexity index is 233. The zero-order chi connectivity index (χ0) is 12.6. The highest BCUT2D eigenvalue weighted by molar-refractivity contribution is 6.60. The maximum atomic E-state index is 11.1. The van der Waals surface area contributed by atoms with Crippen LogP contribution in [0.2, 0.25) is 6.04 Å². The van der Waals surface area contributed by atoms with Crippen molar-refractivity contribution < 1.29 is 22.8 Å².